The second kappa shape index (κ2) is 11.7. The van der Waals surface area contributed by atoms with E-state index in [0.717, 1.165) is 0 Å². The van der Waals surface area contributed by atoms with Gasteiger partial charge in [-0.2, -0.15) is 5.10 Å². The fourth-order valence-corrected chi connectivity index (χ4v) is 5.47. The van der Waals surface area contributed by atoms with Gasteiger partial charge in [0.25, 0.3) is 5.91 Å². The molecular formula is C26H31N7O5S. The summed E-state index contributed by atoms with van der Waals surface area (Å²) in [5.41, 5.74) is 8.37. The van der Waals surface area contributed by atoms with E-state index in [1.54, 1.807) is 46.5 Å². The van der Waals surface area contributed by atoms with Crippen molar-refractivity contribution in [2.45, 2.75) is 39.1 Å². The van der Waals surface area contributed by atoms with Crippen LogP contribution >= 0.6 is 0 Å². The lowest BCUT2D eigenvalue weighted by atomic mass is 10.1. The van der Waals surface area contributed by atoms with E-state index in [2.05, 4.69) is 20.1 Å². The van der Waals surface area contributed by atoms with Gasteiger partial charge in [-0.15, -0.1) is 0 Å². The standard InChI is InChI=1S/C26H31N7O5S/c1-4-33-21(13-17(2)31-33)25(35)30-26-29-20-14-19(24(27)34)15-22(38-3)23(20)32(26)12-8-11-28-39(36,37)16-18-9-6-5-7-10-18/h5-7,9-10,13-15,28H,4,8,11-12,16H2,1-3H3,(H2,27,34)(H,29,30,35). The Kier molecular flexibility index (Phi) is 8.31. The summed E-state index contributed by atoms with van der Waals surface area (Å²) in [6, 6.07) is 13.6. The zero-order valence-corrected chi connectivity index (χ0v) is 22.8. The Hall–Kier alpha value is -4.23. The summed E-state index contributed by atoms with van der Waals surface area (Å²) in [5, 5.41) is 7.16. The number of nitrogens with two attached hydrogens (primary N) is 1. The molecule has 2 aromatic carbocycles. The zero-order chi connectivity index (χ0) is 28.2. The van der Waals surface area contributed by atoms with Crippen LogP contribution < -0.4 is 20.5 Å². The number of fused-ring (bicyclic) bond motifs is 1. The zero-order valence-electron chi connectivity index (χ0n) is 22.0. The highest BCUT2D eigenvalue weighted by atomic mass is 32.2. The fourth-order valence-electron chi connectivity index (χ4n) is 4.29. The van der Waals surface area contributed by atoms with Gasteiger partial charge < -0.3 is 15.0 Å². The highest BCUT2D eigenvalue weighted by molar-refractivity contribution is 7.88. The summed E-state index contributed by atoms with van der Waals surface area (Å²) < 4.78 is 36.6. The number of nitrogens with one attached hydrogen (secondary N) is 2. The molecule has 4 aromatic rings. The SMILES string of the molecule is CCn1nc(C)cc1C(=O)Nc1nc2cc(C(N)=O)cc(OC)c2n1CCCNS(=O)(=O)Cc1ccccc1. The highest BCUT2D eigenvalue weighted by Gasteiger charge is 2.21. The van der Waals surface area contributed by atoms with Crippen LogP contribution in [0.4, 0.5) is 5.95 Å². The molecule has 2 heterocycles. The first-order valence-electron chi connectivity index (χ1n) is 12.4. The topological polar surface area (TPSA) is 163 Å². The number of hydrogen-bond acceptors (Lipinski definition) is 7. The largest absolute Gasteiger partial charge is 0.494 e. The molecule has 0 unspecified atom stereocenters. The lowest BCUT2D eigenvalue weighted by Crippen LogP contribution is -2.27. The van der Waals surface area contributed by atoms with Crippen LogP contribution in [0.1, 0.15) is 45.4 Å². The normalized spacial score (nSPS) is 11.6. The predicted molar refractivity (Wildman–Crippen MR) is 147 cm³/mol. The van der Waals surface area contributed by atoms with Crippen LogP contribution in [0.2, 0.25) is 0 Å². The molecule has 0 saturated carbocycles. The highest BCUT2D eigenvalue weighted by Crippen LogP contribution is 2.31. The van der Waals surface area contributed by atoms with E-state index in [-0.39, 0.29) is 30.4 Å². The third-order valence-corrected chi connectivity index (χ3v) is 7.41. The van der Waals surface area contributed by atoms with Crippen LogP contribution in [0.3, 0.4) is 0 Å². The summed E-state index contributed by atoms with van der Waals surface area (Å²) >= 11 is 0. The van der Waals surface area contributed by atoms with Crippen LogP contribution in [0.25, 0.3) is 11.0 Å². The molecule has 39 heavy (non-hydrogen) atoms. The van der Waals surface area contributed by atoms with Crippen LogP contribution in [0.15, 0.2) is 48.5 Å². The minimum absolute atomic E-state index is 0.128. The molecule has 0 aliphatic heterocycles. The minimum atomic E-state index is -3.55. The number of hydrogen-bond donors (Lipinski definition) is 3. The number of primary amides is 1. The molecule has 0 bridgehead atoms. The van der Waals surface area contributed by atoms with Gasteiger partial charge in [0.1, 0.15) is 17.0 Å². The molecule has 2 amide bonds. The number of imidazole rings is 1. The summed E-state index contributed by atoms with van der Waals surface area (Å²) in [6.45, 7) is 4.64. The Labute approximate surface area is 226 Å². The summed E-state index contributed by atoms with van der Waals surface area (Å²) in [7, 11) is -2.09. The number of rotatable bonds is 12. The van der Waals surface area contributed by atoms with Gasteiger partial charge in [-0.3, -0.25) is 19.6 Å². The number of sulfonamides is 1. The molecule has 206 valence electrons. The van der Waals surface area contributed by atoms with E-state index < -0.39 is 21.8 Å². The molecule has 0 spiro atoms. The Morgan fingerprint density at radius 2 is 1.87 bits per heavy atom. The van der Waals surface area contributed by atoms with Crippen molar-refractivity contribution in [2.24, 2.45) is 5.73 Å². The van der Waals surface area contributed by atoms with Gasteiger partial charge in [-0.25, -0.2) is 18.1 Å². The average Bonchev–Trinajstić information content (AvgIpc) is 3.45. The fraction of sp³-hybridized carbons (Fsp3) is 0.308. The van der Waals surface area contributed by atoms with Crippen molar-refractivity contribution in [3.8, 4) is 5.75 Å². The monoisotopic (exact) mass is 553 g/mol. The van der Waals surface area contributed by atoms with E-state index in [1.165, 1.54) is 19.2 Å². The van der Waals surface area contributed by atoms with E-state index in [9.17, 15) is 18.0 Å². The van der Waals surface area contributed by atoms with Gasteiger partial charge in [0.05, 0.1) is 24.1 Å². The Morgan fingerprint density at radius 3 is 2.54 bits per heavy atom. The number of carbonyl (C=O) groups excluding carboxylic acids is 2. The number of carbonyl (C=O) groups is 2. The number of aryl methyl sites for hydroxylation is 3. The summed E-state index contributed by atoms with van der Waals surface area (Å²) in [6.07, 6.45) is 0.384. The van der Waals surface area contributed by atoms with Crippen molar-refractivity contribution in [3.05, 3.63) is 71.0 Å². The van der Waals surface area contributed by atoms with Gasteiger partial charge in [0.2, 0.25) is 21.9 Å². The Bertz CT molecular complexity index is 1610. The summed E-state index contributed by atoms with van der Waals surface area (Å²) in [4.78, 5) is 29.6. The van der Waals surface area contributed by atoms with Crippen LogP contribution in [0, 0.1) is 6.92 Å². The molecule has 12 nitrogen and oxygen atoms in total. The first kappa shape index (κ1) is 27.8. The van der Waals surface area contributed by atoms with Gasteiger partial charge in [-0.05, 0) is 44.0 Å². The van der Waals surface area contributed by atoms with Crippen LogP contribution in [-0.2, 0) is 28.9 Å². The van der Waals surface area contributed by atoms with Gasteiger partial charge in [-0.1, -0.05) is 30.3 Å². The van der Waals surface area contributed by atoms with Gasteiger partial charge >= 0.3 is 0 Å². The third kappa shape index (κ3) is 6.44. The lowest BCUT2D eigenvalue weighted by Gasteiger charge is -2.13. The molecule has 4 N–H and O–H groups in total. The Balaban J connectivity index is 1.60. The molecule has 0 saturated heterocycles. The van der Waals surface area contributed by atoms with Crippen LogP contribution in [-0.4, -0.2) is 53.2 Å². The van der Waals surface area contributed by atoms with Gasteiger partial charge in [0, 0.05) is 25.2 Å². The Morgan fingerprint density at radius 1 is 1.13 bits per heavy atom. The van der Waals surface area contributed by atoms with E-state index in [0.29, 0.717) is 46.7 Å². The van der Waals surface area contributed by atoms with Crippen molar-refractivity contribution < 1.29 is 22.7 Å². The average molecular weight is 554 g/mol. The van der Waals surface area contributed by atoms with Crippen molar-refractivity contribution in [1.82, 2.24) is 24.1 Å². The lowest BCUT2D eigenvalue weighted by molar-refractivity contribution is 0.0995. The number of ether oxygens (including phenoxy) is 1. The molecule has 0 radical (unpaired) electrons. The molecular weight excluding hydrogens is 522 g/mol. The maximum absolute atomic E-state index is 13.2. The number of amides is 2. The van der Waals surface area contributed by atoms with E-state index >= 15 is 0 Å². The molecule has 2 aromatic heterocycles. The van der Waals surface area contributed by atoms with Crippen LogP contribution in [0.5, 0.6) is 5.75 Å². The predicted octanol–water partition coefficient (Wildman–Crippen LogP) is 2.43. The summed E-state index contributed by atoms with van der Waals surface area (Å²) in [5.74, 6) is -0.633. The maximum Gasteiger partial charge on any atom is 0.276 e. The van der Waals surface area contributed by atoms with Crippen molar-refractivity contribution >= 4 is 38.8 Å². The number of benzene rings is 2. The number of methoxy groups -OCH3 is 1. The quantitative estimate of drug-likeness (QED) is 0.227. The molecule has 0 atom stereocenters. The van der Waals surface area contributed by atoms with Crippen molar-refractivity contribution in [2.75, 3.05) is 19.0 Å². The molecule has 0 aliphatic rings. The first-order chi connectivity index (χ1) is 18.6. The van der Waals surface area contributed by atoms with E-state index in [4.69, 9.17) is 10.5 Å². The number of aromatic nitrogens is 4. The third-order valence-electron chi connectivity index (χ3n) is 6.05. The molecule has 0 fully saturated rings. The molecule has 4 rings (SSSR count). The first-order valence-corrected chi connectivity index (χ1v) is 14.0. The van der Waals surface area contributed by atoms with E-state index in [1.807, 2.05) is 13.0 Å². The smallest absolute Gasteiger partial charge is 0.276 e. The minimum Gasteiger partial charge on any atom is -0.494 e. The van der Waals surface area contributed by atoms with Crippen molar-refractivity contribution in [3.63, 3.8) is 0 Å². The molecule has 13 heteroatoms. The number of nitrogens with zero attached hydrogens (tertiary/aromatic N) is 4. The van der Waals surface area contributed by atoms with Gasteiger partial charge in [0.15, 0.2) is 0 Å². The maximum atomic E-state index is 13.2. The molecule has 0 aliphatic carbocycles. The second-order valence-corrected chi connectivity index (χ2v) is 10.7. The second-order valence-electron chi connectivity index (χ2n) is 8.93. The number of anilines is 1. The van der Waals surface area contributed by atoms with Crippen molar-refractivity contribution in [1.29, 1.82) is 0 Å².